The number of hydrogen-bond acceptors (Lipinski definition) is 3. The number of rotatable bonds is 6. The van der Waals surface area contributed by atoms with Crippen molar-refractivity contribution < 1.29 is 0 Å². The topological polar surface area (TPSA) is 46.5 Å². The van der Waals surface area contributed by atoms with Gasteiger partial charge in [-0.25, -0.2) is 0 Å². The van der Waals surface area contributed by atoms with Gasteiger partial charge in [0.15, 0.2) is 11.0 Å². The molecule has 0 aliphatic carbocycles. The summed E-state index contributed by atoms with van der Waals surface area (Å²) in [4.78, 5) is 3.45. The lowest BCUT2D eigenvalue weighted by atomic mass is 10.1. The molecule has 2 heterocycles. The highest BCUT2D eigenvalue weighted by atomic mass is 32.2. The summed E-state index contributed by atoms with van der Waals surface area (Å²) in [6.45, 7) is 4.27. The Labute approximate surface area is 186 Å². The van der Waals surface area contributed by atoms with Gasteiger partial charge in [0.2, 0.25) is 0 Å². The van der Waals surface area contributed by atoms with Crippen molar-refractivity contribution in [2.45, 2.75) is 25.4 Å². The minimum absolute atomic E-state index is 0.869. The van der Waals surface area contributed by atoms with Crippen molar-refractivity contribution in [1.29, 1.82) is 0 Å². The molecular formula is C26H24N4S. The van der Waals surface area contributed by atoms with Crippen LogP contribution in [-0.2, 0) is 6.42 Å². The van der Waals surface area contributed by atoms with Gasteiger partial charge in [-0.05, 0) is 61.7 Å². The third-order valence-corrected chi connectivity index (χ3v) is 6.61. The Morgan fingerprint density at radius 3 is 2.39 bits per heavy atom. The Morgan fingerprint density at radius 1 is 0.871 bits per heavy atom. The molecule has 5 rings (SSSR count). The number of H-pyrrole nitrogens is 1. The summed E-state index contributed by atoms with van der Waals surface area (Å²) in [5.41, 5.74) is 7.12. The Morgan fingerprint density at radius 2 is 1.61 bits per heavy atom. The Bertz CT molecular complexity index is 1320. The molecule has 154 valence electrons. The summed E-state index contributed by atoms with van der Waals surface area (Å²) >= 11 is 1.75. The zero-order valence-electron chi connectivity index (χ0n) is 17.7. The summed E-state index contributed by atoms with van der Waals surface area (Å²) in [5, 5.41) is 11.3. The van der Waals surface area contributed by atoms with Crippen LogP contribution >= 0.6 is 11.8 Å². The number of fused-ring (bicyclic) bond motifs is 1. The van der Waals surface area contributed by atoms with Crippen molar-refractivity contribution in [2.75, 3.05) is 5.75 Å². The summed E-state index contributed by atoms with van der Waals surface area (Å²) < 4.78 is 2.17. The van der Waals surface area contributed by atoms with Crippen LogP contribution in [0.2, 0.25) is 0 Å². The molecular weight excluding hydrogens is 400 g/mol. The van der Waals surface area contributed by atoms with Crippen molar-refractivity contribution in [2.24, 2.45) is 0 Å². The van der Waals surface area contributed by atoms with Gasteiger partial charge >= 0.3 is 0 Å². The zero-order chi connectivity index (χ0) is 21.2. The summed E-state index contributed by atoms with van der Waals surface area (Å²) in [7, 11) is 0. The lowest BCUT2D eigenvalue weighted by Crippen LogP contribution is -2.00. The second-order valence-electron chi connectivity index (χ2n) is 7.70. The van der Waals surface area contributed by atoms with E-state index in [4.69, 9.17) is 0 Å². The van der Waals surface area contributed by atoms with E-state index in [0.717, 1.165) is 39.9 Å². The number of nitrogens with zero attached hydrogens (tertiary/aromatic N) is 3. The molecule has 0 bridgehead atoms. The fourth-order valence-electron chi connectivity index (χ4n) is 3.87. The van der Waals surface area contributed by atoms with Crippen LogP contribution in [0.3, 0.4) is 0 Å². The first kappa shape index (κ1) is 19.6. The Balaban J connectivity index is 1.52. The van der Waals surface area contributed by atoms with Crippen LogP contribution in [0.1, 0.15) is 16.8 Å². The first-order chi connectivity index (χ1) is 15.2. The van der Waals surface area contributed by atoms with Crippen LogP contribution in [0.5, 0.6) is 0 Å². The minimum Gasteiger partial charge on any atom is -0.358 e. The molecule has 0 amide bonds. The molecule has 31 heavy (non-hydrogen) atoms. The van der Waals surface area contributed by atoms with Crippen molar-refractivity contribution >= 4 is 22.7 Å². The van der Waals surface area contributed by atoms with Crippen LogP contribution in [0.25, 0.3) is 28.0 Å². The maximum absolute atomic E-state index is 4.61. The number of aromatic nitrogens is 4. The van der Waals surface area contributed by atoms with E-state index >= 15 is 0 Å². The Kier molecular flexibility index (Phi) is 5.35. The largest absolute Gasteiger partial charge is 0.358 e. The predicted molar refractivity (Wildman–Crippen MR) is 129 cm³/mol. The molecule has 5 aromatic rings. The molecule has 0 fully saturated rings. The summed E-state index contributed by atoms with van der Waals surface area (Å²) in [6, 6.07) is 27.4. The highest BCUT2D eigenvalue weighted by Gasteiger charge is 2.17. The second kappa shape index (κ2) is 8.44. The first-order valence-electron chi connectivity index (χ1n) is 10.5. The van der Waals surface area contributed by atoms with Crippen LogP contribution < -0.4 is 0 Å². The monoisotopic (exact) mass is 424 g/mol. The van der Waals surface area contributed by atoms with Crippen molar-refractivity contribution in [3.63, 3.8) is 0 Å². The van der Waals surface area contributed by atoms with Gasteiger partial charge in [-0.2, -0.15) is 0 Å². The third-order valence-electron chi connectivity index (χ3n) is 5.68. The molecule has 0 saturated heterocycles. The van der Waals surface area contributed by atoms with Gasteiger partial charge in [0, 0.05) is 33.6 Å². The van der Waals surface area contributed by atoms with E-state index < -0.39 is 0 Å². The third kappa shape index (κ3) is 3.89. The van der Waals surface area contributed by atoms with E-state index in [2.05, 4.69) is 106 Å². The molecule has 0 unspecified atom stereocenters. The molecule has 1 N–H and O–H groups in total. The molecule has 5 heteroatoms. The lowest BCUT2D eigenvalue weighted by Gasteiger charge is -2.10. The smallest absolute Gasteiger partial charge is 0.196 e. The fraction of sp³-hybridized carbons (Fsp3) is 0.154. The highest BCUT2D eigenvalue weighted by Crippen LogP contribution is 2.31. The molecule has 4 nitrogen and oxygen atoms in total. The standard InChI is InChI=1S/C26H24N4S/c1-18-19(2)27-24-14-13-21(17-23(18)24)25-28-29-26(30(25)22-11-7-4-8-12-22)31-16-15-20-9-5-3-6-10-20/h3-14,17,27H,15-16H2,1-2H3. The van der Waals surface area contributed by atoms with Crippen LogP contribution in [0, 0.1) is 13.8 Å². The Hall–Kier alpha value is -3.31. The van der Waals surface area contributed by atoms with Gasteiger partial charge in [0.05, 0.1) is 0 Å². The van der Waals surface area contributed by atoms with Gasteiger partial charge in [-0.1, -0.05) is 60.3 Å². The van der Waals surface area contributed by atoms with Crippen molar-refractivity contribution in [1.82, 2.24) is 19.7 Å². The maximum atomic E-state index is 4.61. The zero-order valence-corrected chi connectivity index (χ0v) is 18.5. The average molecular weight is 425 g/mol. The fourth-order valence-corrected chi connectivity index (χ4v) is 4.81. The summed E-state index contributed by atoms with van der Waals surface area (Å²) in [6.07, 6.45) is 0.996. The van der Waals surface area contributed by atoms with Gasteiger partial charge in [-0.3, -0.25) is 4.57 Å². The van der Waals surface area contributed by atoms with Gasteiger partial charge in [0.1, 0.15) is 0 Å². The predicted octanol–water partition coefficient (Wildman–Crippen LogP) is 6.37. The van der Waals surface area contributed by atoms with E-state index in [1.54, 1.807) is 11.8 Å². The van der Waals surface area contributed by atoms with E-state index in [9.17, 15) is 0 Å². The molecule has 3 aromatic carbocycles. The average Bonchev–Trinajstić information content (AvgIpc) is 3.35. The molecule has 0 aliphatic rings. The molecule has 0 atom stereocenters. The van der Waals surface area contributed by atoms with Crippen LogP contribution in [-0.4, -0.2) is 25.5 Å². The van der Waals surface area contributed by atoms with E-state index in [0.29, 0.717) is 0 Å². The highest BCUT2D eigenvalue weighted by molar-refractivity contribution is 7.99. The quantitative estimate of drug-likeness (QED) is 0.322. The number of benzene rings is 3. The second-order valence-corrected chi connectivity index (χ2v) is 8.76. The number of nitrogens with one attached hydrogen (secondary N) is 1. The van der Waals surface area contributed by atoms with E-state index in [1.807, 2.05) is 6.07 Å². The normalized spacial score (nSPS) is 11.3. The maximum Gasteiger partial charge on any atom is 0.196 e. The summed E-state index contributed by atoms with van der Waals surface area (Å²) in [5.74, 6) is 1.82. The molecule has 0 radical (unpaired) electrons. The first-order valence-corrected chi connectivity index (χ1v) is 11.5. The molecule has 0 spiro atoms. The van der Waals surface area contributed by atoms with Crippen LogP contribution in [0.4, 0.5) is 0 Å². The number of hydrogen-bond donors (Lipinski definition) is 1. The lowest BCUT2D eigenvalue weighted by molar-refractivity contribution is 0.885. The van der Waals surface area contributed by atoms with Gasteiger partial charge < -0.3 is 4.98 Å². The van der Waals surface area contributed by atoms with Crippen LogP contribution in [0.15, 0.2) is 84.0 Å². The minimum atomic E-state index is 0.869. The molecule has 0 saturated carbocycles. The SMILES string of the molecule is Cc1[nH]c2ccc(-c3nnc(SCCc4ccccc4)n3-c3ccccc3)cc2c1C. The number of aromatic amines is 1. The van der Waals surface area contributed by atoms with Gasteiger partial charge in [-0.15, -0.1) is 10.2 Å². The van der Waals surface area contributed by atoms with Crippen molar-refractivity contribution in [3.8, 4) is 17.1 Å². The number of para-hydroxylation sites is 1. The van der Waals surface area contributed by atoms with Gasteiger partial charge in [0.25, 0.3) is 0 Å². The van der Waals surface area contributed by atoms with E-state index in [1.165, 1.54) is 22.2 Å². The van der Waals surface area contributed by atoms with E-state index in [-0.39, 0.29) is 0 Å². The molecule has 2 aromatic heterocycles. The molecule has 0 aliphatic heterocycles. The number of thioether (sulfide) groups is 1. The number of aryl methyl sites for hydroxylation is 3. The van der Waals surface area contributed by atoms with Crippen molar-refractivity contribution in [3.05, 3.63) is 95.7 Å².